The predicted octanol–water partition coefficient (Wildman–Crippen LogP) is 1.23. The minimum Gasteiger partial charge on any atom is -0.346 e. The zero-order chi connectivity index (χ0) is 13.5. The van der Waals surface area contributed by atoms with Crippen molar-refractivity contribution in [3.63, 3.8) is 0 Å². The summed E-state index contributed by atoms with van der Waals surface area (Å²) in [5, 5.41) is 3.10. The average molecular weight is 283 g/mol. The molecule has 0 atom stereocenters. The number of rotatable bonds is 7. The number of nitrogens with zero attached hydrogens (tertiary/aromatic N) is 1. The maximum atomic E-state index is 12.2. The lowest BCUT2D eigenvalue weighted by molar-refractivity contribution is 0.577. The summed E-state index contributed by atoms with van der Waals surface area (Å²) in [7, 11) is -1.46. The topological polar surface area (TPSA) is 63.1 Å². The third-order valence-corrected chi connectivity index (χ3v) is 5.16. The molecule has 0 amide bonds. The molecule has 0 aromatic carbocycles. The van der Waals surface area contributed by atoms with Crippen molar-refractivity contribution in [2.24, 2.45) is 5.92 Å². The average Bonchev–Trinajstić information content (AvgIpc) is 3.27. The highest BCUT2D eigenvalue weighted by Gasteiger charge is 2.29. The second-order valence-corrected chi connectivity index (χ2v) is 7.40. The predicted molar refractivity (Wildman–Crippen MR) is 73.4 cm³/mol. The Bertz CT molecular complexity index is 556. The van der Waals surface area contributed by atoms with Crippen LogP contribution in [0.2, 0.25) is 0 Å². The molecule has 6 heteroatoms. The van der Waals surface area contributed by atoms with Crippen molar-refractivity contribution in [3.05, 3.63) is 18.0 Å². The van der Waals surface area contributed by atoms with Gasteiger partial charge in [-0.15, -0.1) is 0 Å². The Morgan fingerprint density at radius 2 is 2.05 bits per heavy atom. The van der Waals surface area contributed by atoms with E-state index in [0.717, 1.165) is 31.4 Å². The fourth-order valence-corrected chi connectivity index (χ4v) is 3.46. The van der Waals surface area contributed by atoms with Crippen molar-refractivity contribution in [2.45, 2.75) is 43.2 Å². The van der Waals surface area contributed by atoms with Crippen molar-refractivity contribution in [3.8, 4) is 0 Å². The Labute approximate surface area is 114 Å². The largest absolute Gasteiger partial charge is 0.346 e. The van der Waals surface area contributed by atoms with Gasteiger partial charge in [0.1, 0.15) is 0 Å². The molecule has 0 saturated heterocycles. The Morgan fingerprint density at radius 3 is 2.63 bits per heavy atom. The van der Waals surface area contributed by atoms with Crippen LogP contribution in [-0.2, 0) is 16.6 Å². The second kappa shape index (κ2) is 4.92. The molecule has 0 spiro atoms. The first-order chi connectivity index (χ1) is 9.10. The van der Waals surface area contributed by atoms with Gasteiger partial charge in [0.25, 0.3) is 0 Å². The van der Waals surface area contributed by atoms with Gasteiger partial charge in [0.15, 0.2) is 0 Å². The molecule has 2 aliphatic carbocycles. The quantitative estimate of drug-likeness (QED) is 0.791. The lowest BCUT2D eigenvalue weighted by Crippen LogP contribution is -2.25. The molecule has 5 nitrogen and oxygen atoms in total. The van der Waals surface area contributed by atoms with Crippen molar-refractivity contribution < 1.29 is 8.42 Å². The number of hydrogen-bond donors (Lipinski definition) is 2. The van der Waals surface area contributed by atoms with Crippen LogP contribution in [-0.4, -0.2) is 26.6 Å². The van der Waals surface area contributed by atoms with Crippen molar-refractivity contribution in [1.82, 2.24) is 14.6 Å². The fourth-order valence-electron chi connectivity index (χ4n) is 2.29. The fraction of sp³-hybridized carbons (Fsp3) is 0.692. The van der Waals surface area contributed by atoms with E-state index in [0.29, 0.717) is 29.9 Å². The first-order valence-electron chi connectivity index (χ1n) is 6.95. The summed E-state index contributed by atoms with van der Waals surface area (Å²) in [6.07, 6.45) is 6.40. The minimum atomic E-state index is -3.34. The van der Waals surface area contributed by atoms with Gasteiger partial charge in [0, 0.05) is 31.0 Å². The van der Waals surface area contributed by atoms with Crippen LogP contribution >= 0.6 is 0 Å². The molecule has 1 aromatic heterocycles. The molecule has 2 aliphatic rings. The molecule has 2 fully saturated rings. The summed E-state index contributed by atoms with van der Waals surface area (Å²) >= 11 is 0. The molecule has 19 heavy (non-hydrogen) atoms. The van der Waals surface area contributed by atoms with Gasteiger partial charge in [-0.05, 0) is 44.7 Å². The molecule has 2 N–H and O–H groups in total. The molecule has 1 heterocycles. The lowest BCUT2D eigenvalue weighted by atomic mass is 10.4. The van der Waals surface area contributed by atoms with Gasteiger partial charge in [-0.2, -0.15) is 0 Å². The van der Waals surface area contributed by atoms with Crippen molar-refractivity contribution in [1.29, 1.82) is 0 Å². The standard InChI is InChI=1S/C13H21N3O2S/c1-14-8-12-6-13(9-16(12)11-4-5-11)19(17,18)15-7-10-2-3-10/h6,9-11,14-15H,2-5,7-8H2,1H3. The summed E-state index contributed by atoms with van der Waals surface area (Å²) in [5.41, 5.74) is 1.05. The summed E-state index contributed by atoms with van der Waals surface area (Å²) in [4.78, 5) is 0.408. The first kappa shape index (κ1) is 13.1. The monoisotopic (exact) mass is 283 g/mol. The number of sulfonamides is 1. The van der Waals surface area contributed by atoms with Gasteiger partial charge in [-0.25, -0.2) is 13.1 Å². The Morgan fingerprint density at radius 1 is 1.32 bits per heavy atom. The summed E-state index contributed by atoms with van der Waals surface area (Å²) < 4.78 is 29.3. The van der Waals surface area contributed by atoms with Gasteiger partial charge >= 0.3 is 0 Å². The molecule has 3 rings (SSSR count). The van der Waals surface area contributed by atoms with Crippen LogP contribution in [0.25, 0.3) is 0 Å². The molecule has 0 unspecified atom stereocenters. The summed E-state index contributed by atoms with van der Waals surface area (Å²) in [5.74, 6) is 0.553. The van der Waals surface area contributed by atoms with Gasteiger partial charge in [0.2, 0.25) is 10.0 Å². The number of hydrogen-bond acceptors (Lipinski definition) is 3. The number of nitrogens with one attached hydrogen (secondary N) is 2. The third kappa shape index (κ3) is 3.01. The summed E-state index contributed by atoms with van der Waals surface area (Å²) in [6, 6.07) is 2.29. The minimum absolute atomic E-state index is 0.408. The van der Waals surface area contributed by atoms with E-state index in [4.69, 9.17) is 0 Å². The molecule has 1 aromatic rings. The molecular weight excluding hydrogens is 262 g/mol. The van der Waals surface area contributed by atoms with Gasteiger partial charge < -0.3 is 9.88 Å². The normalized spacial score (nSPS) is 19.8. The highest BCUT2D eigenvalue weighted by atomic mass is 32.2. The number of aromatic nitrogens is 1. The van der Waals surface area contributed by atoms with Crippen LogP contribution in [0.3, 0.4) is 0 Å². The molecule has 0 aliphatic heterocycles. The van der Waals surface area contributed by atoms with E-state index < -0.39 is 10.0 Å². The van der Waals surface area contributed by atoms with Gasteiger partial charge in [0.05, 0.1) is 4.90 Å². The van der Waals surface area contributed by atoms with E-state index >= 15 is 0 Å². The maximum Gasteiger partial charge on any atom is 0.242 e. The lowest BCUT2D eigenvalue weighted by Gasteiger charge is -2.05. The Kier molecular flexibility index (Phi) is 3.41. The van der Waals surface area contributed by atoms with Crippen LogP contribution < -0.4 is 10.0 Å². The van der Waals surface area contributed by atoms with E-state index in [2.05, 4.69) is 14.6 Å². The highest BCUT2D eigenvalue weighted by Crippen LogP contribution is 2.37. The molecular formula is C13H21N3O2S. The van der Waals surface area contributed by atoms with Crippen molar-refractivity contribution in [2.75, 3.05) is 13.6 Å². The molecule has 0 bridgehead atoms. The maximum absolute atomic E-state index is 12.2. The van der Waals surface area contributed by atoms with E-state index in [1.165, 1.54) is 0 Å². The van der Waals surface area contributed by atoms with Gasteiger partial charge in [-0.3, -0.25) is 0 Å². The Balaban J connectivity index is 1.80. The van der Waals surface area contributed by atoms with Gasteiger partial charge in [-0.1, -0.05) is 0 Å². The molecule has 0 radical (unpaired) electrons. The van der Waals surface area contributed by atoms with Crippen LogP contribution in [0.15, 0.2) is 17.2 Å². The van der Waals surface area contributed by atoms with E-state index in [1.807, 2.05) is 7.05 Å². The highest BCUT2D eigenvalue weighted by molar-refractivity contribution is 7.89. The van der Waals surface area contributed by atoms with Crippen molar-refractivity contribution >= 4 is 10.0 Å². The third-order valence-electron chi connectivity index (χ3n) is 3.77. The van der Waals surface area contributed by atoms with E-state index in [9.17, 15) is 8.42 Å². The van der Waals surface area contributed by atoms with E-state index in [-0.39, 0.29) is 0 Å². The SMILES string of the molecule is CNCc1cc(S(=O)(=O)NCC2CC2)cn1C1CC1. The second-order valence-electron chi connectivity index (χ2n) is 5.63. The van der Waals surface area contributed by atoms with E-state index in [1.54, 1.807) is 12.3 Å². The zero-order valence-corrected chi connectivity index (χ0v) is 12.0. The smallest absolute Gasteiger partial charge is 0.242 e. The molecule has 106 valence electrons. The summed E-state index contributed by atoms with van der Waals surface area (Å²) in [6.45, 7) is 1.28. The molecule has 2 saturated carbocycles. The Hall–Kier alpha value is -0.850. The first-order valence-corrected chi connectivity index (χ1v) is 8.43. The zero-order valence-electron chi connectivity index (χ0n) is 11.2. The van der Waals surface area contributed by atoms with Crippen LogP contribution in [0, 0.1) is 5.92 Å². The van der Waals surface area contributed by atoms with Crippen LogP contribution in [0.4, 0.5) is 0 Å². The van der Waals surface area contributed by atoms with Crippen LogP contribution in [0.1, 0.15) is 37.4 Å². The van der Waals surface area contributed by atoms with Crippen LogP contribution in [0.5, 0.6) is 0 Å².